The highest BCUT2D eigenvalue weighted by atomic mass is 16.7. The molecule has 6 heteroatoms. The number of furan rings is 1. The summed E-state index contributed by atoms with van der Waals surface area (Å²) in [5, 5.41) is 9.77. The van der Waals surface area contributed by atoms with E-state index in [1.807, 2.05) is 39.8 Å². The molecule has 0 bridgehead atoms. The Balaban J connectivity index is 2.08. The molecule has 110 valence electrons. The summed E-state index contributed by atoms with van der Waals surface area (Å²) in [6.07, 6.45) is 0. The van der Waals surface area contributed by atoms with Gasteiger partial charge in [0.1, 0.15) is 5.58 Å². The number of benzene rings is 1. The molecule has 21 heavy (non-hydrogen) atoms. The summed E-state index contributed by atoms with van der Waals surface area (Å²) in [7, 11) is -0.577. The van der Waals surface area contributed by atoms with Gasteiger partial charge in [-0.3, -0.25) is 0 Å². The number of aromatic carboxylic acids is 1. The van der Waals surface area contributed by atoms with Gasteiger partial charge in [-0.05, 0) is 33.8 Å². The van der Waals surface area contributed by atoms with E-state index in [4.69, 9.17) is 18.8 Å². The summed E-state index contributed by atoms with van der Waals surface area (Å²) in [5.41, 5.74) is 0.288. The van der Waals surface area contributed by atoms with E-state index < -0.39 is 24.3 Å². The number of para-hydroxylation sites is 1. The van der Waals surface area contributed by atoms with E-state index in [9.17, 15) is 4.79 Å². The molecule has 1 aromatic heterocycles. The largest absolute Gasteiger partial charge is 0.498 e. The predicted octanol–water partition coefficient (Wildman–Crippen LogP) is 2.43. The molecule has 2 heterocycles. The van der Waals surface area contributed by atoms with E-state index >= 15 is 0 Å². The average Bonchev–Trinajstić information content (AvgIpc) is 2.88. The third-order valence-electron chi connectivity index (χ3n) is 4.29. The summed E-state index contributed by atoms with van der Waals surface area (Å²) in [4.78, 5) is 11.1. The van der Waals surface area contributed by atoms with Crippen LogP contribution in [0.5, 0.6) is 0 Å². The van der Waals surface area contributed by atoms with Crippen LogP contribution in [0.25, 0.3) is 11.0 Å². The number of carboxylic acid groups (broad SMARTS) is 1. The fourth-order valence-corrected chi connectivity index (χ4v) is 2.35. The van der Waals surface area contributed by atoms with Gasteiger partial charge in [0.2, 0.25) is 5.76 Å². The lowest BCUT2D eigenvalue weighted by Gasteiger charge is -2.32. The molecule has 0 unspecified atom stereocenters. The molecule has 1 N–H and O–H groups in total. The van der Waals surface area contributed by atoms with E-state index in [0.29, 0.717) is 11.0 Å². The minimum Gasteiger partial charge on any atom is -0.475 e. The lowest BCUT2D eigenvalue weighted by molar-refractivity contribution is 0.00578. The minimum absolute atomic E-state index is 0.0889. The van der Waals surface area contributed by atoms with Gasteiger partial charge in [0.15, 0.2) is 0 Å². The molecule has 3 rings (SSSR count). The Kier molecular flexibility index (Phi) is 2.94. The Morgan fingerprint density at radius 2 is 1.76 bits per heavy atom. The highest BCUT2D eigenvalue weighted by Crippen LogP contribution is 2.37. The van der Waals surface area contributed by atoms with Crippen LogP contribution < -0.4 is 5.46 Å². The van der Waals surface area contributed by atoms with E-state index in [1.165, 1.54) is 6.07 Å². The van der Waals surface area contributed by atoms with Crippen molar-refractivity contribution in [2.45, 2.75) is 38.9 Å². The van der Waals surface area contributed by atoms with Crippen molar-refractivity contribution in [2.75, 3.05) is 0 Å². The Hall–Kier alpha value is -1.79. The van der Waals surface area contributed by atoms with Gasteiger partial charge in [0.05, 0.1) is 11.2 Å². The fourth-order valence-electron chi connectivity index (χ4n) is 2.35. The Labute approximate surface area is 123 Å². The van der Waals surface area contributed by atoms with Gasteiger partial charge < -0.3 is 18.8 Å². The van der Waals surface area contributed by atoms with Crippen molar-refractivity contribution in [2.24, 2.45) is 0 Å². The SMILES string of the molecule is CC1(C)OB(c2cccc3cc(C(=O)O)oc23)OC1(C)C. The maximum Gasteiger partial charge on any atom is 0.498 e. The van der Waals surface area contributed by atoms with E-state index in [2.05, 4.69) is 0 Å². The number of fused-ring (bicyclic) bond motifs is 1. The van der Waals surface area contributed by atoms with Crippen molar-refractivity contribution in [3.63, 3.8) is 0 Å². The van der Waals surface area contributed by atoms with E-state index in [1.54, 1.807) is 6.07 Å². The zero-order chi connectivity index (χ0) is 15.4. The monoisotopic (exact) mass is 288 g/mol. The molecule has 1 aromatic carbocycles. The van der Waals surface area contributed by atoms with Crippen LogP contribution in [0.15, 0.2) is 28.7 Å². The Bertz CT molecular complexity index is 700. The molecular formula is C15H17BO5. The number of hydrogen-bond donors (Lipinski definition) is 1. The van der Waals surface area contributed by atoms with E-state index in [0.717, 1.165) is 5.39 Å². The fraction of sp³-hybridized carbons (Fsp3) is 0.400. The summed E-state index contributed by atoms with van der Waals surface area (Å²) in [5.74, 6) is -1.18. The normalized spacial score (nSPS) is 20.1. The second-order valence-electron chi connectivity index (χ2n) is 6.27. The third kappa shape index (κ3) is 2.15. The molecule has 1 fully saturated rings. The zero-order valence-corrected chi connectivity index (χ0v) is 12.5. The molecule has 1 saturated heterocycles. The highest BCUT2D eigenvalue weighted by Gasteiger charge is 2.52. The Morgan fingerprint density at radius 1 is 1.14 bits per heavy atom. The number of carbonyl (C=O) groups is 1. The summed E-state index contributed by atoms with van der Waals surface area (Å²) in [6.45, 7) is 7.88. The molecule has 0 aliphatic carbocycles. The second kappa shape index (κ2) is 4.35. The van der Waals surface area contributed by atoms with Crippen LogP contribution in [0.2, 0.25) is 0 Å². The topological polar surface area (TPSA) is 68.9 Å². The van der Waals surface area contributed by atoms with Crippen LogP contribution >= 0.6 is 0 Å². The van der Waals surface area contributed by atoms with Crippen molar-refractivity contribution in [1.29, 1.82) is 0 Å². The lowest BCUT2D eigenvalue weighted by atomic mass is 9.78. The van der Waals surface area contributed by atoms with Crippen molar-refractivity contribution >= 4 is 29.5 Å². The molecule has 5 nitrogen and oxygen atoms in total. The van der Waals surface area contributed by atoms with Crippen LogP contribution in [0.1, 0.15) is 38.2 Å². The molecule has 0 atom stereocenters. The molecular weight excluding hydrogens is 271 g/mol. The first kappa shape index (κ1) is 14.2. The van der Waals surface area contributed by atoms with Crippen LogP contribution in [0.3, 0.4) is 0 Å². The van der Waals surface area contributed by atoms with Gasteiger partial charge in [-0.2, -0.15) is 0 Å². The lowest BCUT2D eigenvalue weighted by Crippen LogP contribution is -2.41. The quantitative estimate of drug-likeness (QED) is 0.859. The standard InChI is InChI=1S/C15H17BO5/c1-14(2)15(3,4)21-16(20-14)10-7-5-6-9-8-11(13(17)18)19-12(9)10/h5-8H,1-4H3,(H,17,18). The summed E-state index contributed by atoms with van der Waals surface area (Å²) < 4.78 is 17.4. The maximum absolute atomic E-state index is 11.1. The minimum atomic E-state index is -1.09. The van der Waals surface area contributed by atoms with Gasteiger partial charge in [-0.15, -0.1) is 0 Å². The van der Waals surface area contributed by atoms with Crippen molar-refractivity contribution in [1.82, 2.24) is 0 Å². The first-order valence-corrected chi connectivity index (χ1v) is 6.83. The van der Waals surface area contributed by atoms with Crippen molar-refractivity contribution in [3.05, 3.63) is 30.0 Å². The van der Waals surface area contributed by atoms with Gasteiger partial charge in [-0.25, -0.2) is 4.79 Å². The molecule has 2 aromatic rings. The molecule has 0 saturated carbocycles. The summed E-state index contributed by atoms with van der Waals surface area (Å²) >= 11 is 0. The number of rotatable bonds is 2. The van der Waals surface area contributed by atoms with Crippen molar-refractivity contribution in [3.8, 4) is 0 Å². The average molecular weight is 288 g/mol. The van der Waals surface area contributed by atoms with E-state index in [-0.39, 0.29) is 5.76 Å². The van der Waals surface area contributed by atoms with Crippen LogP contribution in [0.4, 0.5) is 0 Å². The molecule has 1 aliphatic heterocycles. The van der Waals surface area contributed by atoms with Crippen LogP contribution in [0, 0.1) is 0 Å². The molecule has 1 aliphatic rings. The second-order valence-corrected chi connectivity index (χ2v) is 6.27. The van der Waals surface area contributed by atoms with Crippen LogP contribution in [-0.4, -0.2) is 29.4 Å². The van der Waals surface area contributed by atoms with Gasteiger partial charge in [0, 0.05) is 10.8 Å². The first-order valence-electron chi connectivity index (χ1n) is 6.83. The Morgan fingerprint density at radius 3 is 2.33 bits per heavy atom. The number of hydrogen-bond acceptors (Lipinski definition) is 4. The molecule has 0 amide bonds. The first-order chi connectivity index (χ1) is 9.71. The highest BCUT2D eigenvalue weighted by molar-refractivity contribution is 6.64. The van der Waals surface area contributed by atoms with Crippen molar-refractivity contribution < 1.29 is 23.6 Å². The third-order valence-corrected chi connectivity index (χ3v) is 4.29. The maximum atomic E-state index is 11.1. The van der Waals surface area contributed by atoms with Crippen LogP contribution in [-0.2, 0) is 9.31 Å². The molecule has 0 spiro atoms. The van der Waals surface area contributed by atoms with Gasteiger partial charge in [-0.1, -0.05) is 18.2 Å². The smallest absolute Gasteiger partial charge is 0.475 e. The zero-order valence-electron chi connectivity index (χ0n) is 12.5. The molecule has 0 radical (unpaired) electrons. The van der Waals surface area contributed by atoms with Gasteiger partial charge in [0.25, 0.3) is 0 Å². The number of carboxylic acids is 1. The van der Waals surface area contributed by atoms with Gasteiger partial charge >= 0.3 is 13.1 Å². The summed E-state index contributed by atoms with van der Waals surface area (Å²) in [6, 6.07) is 6.98. The predicted molar refractivity (Wildman–Crippen MR) is 78.9 cm³/mol.